The van der Waals surface area contributed by atoms with Crippen LogP contribution in [0.25, 0.3) is 10.8 Å². The summed E-state index contributed by atoms with van der Waals surface area (Å²) in [4.78, 5) is 0. The third kappa shape index (κ3) is 2.55. The molecule has 2 heteroatoms. The van der Waals surface area contributed by atoms with Crippen molar-refractivity contribution in [3.05, 3.63) is 66.4 Å². The molecule has 1 N–H and O–H groups in total. The number of aromatic hydroxyl groups is 1. The van der Waals surface area contributed by atoms with Gasteiger partial charge in [-0.25, -0.2) is 0 Å². The van der Waals surface area contributed by atoms with Crippen LogP contribution in [0.15, 0.2) is 60.8 Å². The van der Waals surface area contributed by atoms with Crippen LogP contribution in [0.4, 0.5) is 0 Å². The summed E-state index contributed by atoms with van der Waals surface area (Å²) < 4.78 is 1.96. The van der Waals surface area contributed by atoms with Gasteiger partial charge in [-0.3, -0.25) is 0 Å². The van der Waals surface area contributed by atoms with Gasteiger partial charge in [-0.2, -0.15) is 0 Å². The van der Waals surface area contributed by atoms with Crippen molar-refractivity contribution in [1.29, 1.82) is 0 Å². The SMILES string of the molecule is CC(Cc1ccccc1)Cn1cc2ccccc2c1O. The highest BCUT2D eigenvalue weighted by molar-refractivity contribution is 5.87. The first-order valence-electron chi connectivity index (χ1n) is 7.05. The molecule has 0 amide bonds. The van der Waals surface area contributed by atoms with Gasteiger partial charge in [-0.1, -0.05) is 55.5 Å². The monoisotopic (exact) mass is 265 g/mol. The second kappa shape index (κ2) is 5.41. The first-order valence-corrected chi connectivity index (χ1v) is 7.05. The molecule has 3 rings (SSSR count). The summed E-state index contributed by atoms with van der Waals surface area (Å²) in [7, 11) is 0. The number of benzene rings is 2. The fourth-order valence-corrected chi connectivity index (χ4v) is 2.75. The molecule has 1 aromatic heterocycles. The highest BCUT2D eigenvalue weighted by Crippen LogP contribution is 2.27. The summed E-state index contributed by atoms with van der Waals surface area (Å²) in [6.45, 7) is 3.05. The van der Waals surface area contributed by atoms with E-state index in [4.69, 9.17) is 0 Å². The zero-order valence-electron chi connectivity index (χ0n) is 11.7. The Morgan fingerprint density at radius 3 is 2.45 bits per heavy atom. The molecule has 102 valence electrons. The number of hydrogen-bond donors (Lipinski definition) is 1. The molecular weight excluding hydrogens is 246 g/mol. The Balaban J connectivity index is 1.77. The molecule has 1 unspecified atom stereocenters. The van der Waals surface area contributed by atoms with E-state index in [-0.39, 0.29) is 0 Å². The number of rotatable bonds is 4. The summed E-state index contributed by atoms with van der Waals surface area (Å²) in [6, 6.07) is 18.5. The van der Waals surface area contributed by atoms with E-state index in [1.165, 1.54) is 5.56 Å². The van der Waals surface area contributed by atoms with Crippen LogP contribution in [0.1, 0.15) is 12.5 Å². The van der Waals surface area contributed by atoms with Gasteiger partial charge in [0.15, 0.2) is 5.88 Å². The van der Waals surface area contributed by atoms with E-state index in [1.54, 1.807) is 0 Å². The Labute approximate surface area is 119 Å². The van der Waals surface area contributed by atoms with Gasteiger partial charge >= 0.3 is 0 Å². The van der Waals surface area contributed by atoms with Gasteiger partial charge in [-0.05, 0) is 24.0 Å². The van der Waals surface area contributed by atoms with E-state index >= 15 is 0 Å². The Morgan fingerprint density at radius 1 is 1.00 bits per heavy atom. The average molecular weight is 265 g/mol. The molecule has 0 aliphatic heterocycles. The first-order chi connectivity index (χ1) is 9.74. The van der Waals surface area contributed by atoms with Crippen LogP contribution < -0.4 is 0 Å². The van der Waals surface area contributed by atoms with Crippen LogP contribution in [0.3, 0.4) is 0 Å². The molecule has 2 nitrogen and oxygen atoms in total. The van der Waals surface area contributed by atoms with Gasteiger partial charge < -0.3 is 9.67 Å². The van der Waals surface area contributed by atoms with Crippen LogP contribution in [-0.2, 0) is 13.0 Å². The summed E-state index contributed by atoms with van der Waals surface area (Å²) in [5, 5.41) is 12.3. The molecule has 0 bridgehead atoms. The fraction of sp³-hybridized carbons (Fsp3) is 0.222. The van der Waals surface area contributed by atoms with Gasteiger partial charge in [0.25, 0.3) is 0 Å². The highest BCUT2D eigenvalue weighted by Gasteiger charge is 2.11. The average Bonchev–Trinajstić information content (AvgIpc) is 2.77. The molecule has 0 saturated heterocycles. The predicted molar refractivity (Wildman–Crippen MR) is 82.9 cm³/mol. The maximum absolute atomic E-state index is 10.3. The molecule has 1 atom stereocenters. The van der Waals surface area contributed by atoms with E-state index in [0.29, 0.717) is 11.8 Å². The third-order valence-corrected chi connectivity index (χ3v) is 3.70. The zero-order chi connectivity index (χ0) is 13.9. The quantitative estimate of drug-likeness (QED) is 0.750. The number of nitrogens with zero attached hydrogens (tertiary/aromatic N) is 1. The molecule has 1 heterocycles. The topological polar surface area (TPSA) is 25.2 Å². The fourth-order valence-electron chi connectivity index (χ4n) is 2.75. The van der Waals surface area contributed by atoms with Crippen molar-refractivity contribution < 1.29 is 5.11 Å². The van der Waals surface area contributed by atoms with Crippen LogP contribution >= 0.6 is 0 Å². The number of hydrogen-bond acceptors (Lipinski definition) is 1. The normalized spacial score (nSPS) is 12.7. The smallest absolute Gasteiger partial charge is 0.199 e. The predicted octanol–water partition coefficient (Wildman–Crippen LogP) is 4.23. The van der Waals surface area contributed by atoms with E-state index in [2.05, 4.69) is 31.2 Å². The first kappa shape index (κ1) is 12.8. The van der Waals surface area contributed by atoms with E-state index in [1.807, 2.05) is 41.1 Å². The van der Waals surface area contributed by atoms with Crippen LogP contribution in [-0.4, -0.2) is 9.67 Å². The summed E-state index contributed by atoms with van der Waals surface area (Å²) in [6.07, 6.45) is 3.06. The number of fused-ring (bicyclic) bond motifs is 1. The minimum Gasteiger partial charge on any atom is -0.494 e. The Kier molecular flexibility index (Phi) is 3.46. The van der Waals surface area contributed by atoms with Crippen molar-refractivity contribution in [3.8, 4) is 5.88 Å². The molecule has 0 radical (unpaired) electrons. The van der Waals surface area contributed by atoms with Crippen molar-refractivity contribution in [1.82, 2.24) is 4.57 Å². The van der Waals surface area contributed by atoms with Crippen LogP contribution in [0.5, 0.6) is 5.88 Å². The third-order valence-electron chi connectivity index (χ3n) is 3.70. The maximum Gasteiger partial charge on any atom is 0.199 e. The minimum atomic E-state index is 0.375. The second-order valence-corrected chi connectivity index (χ2v) is 5.49. The molecule has 3 aromatic rings. The van der Waals surface area contributed by atoms with Crippen molar-refractivity contribution in [2.45, 2.75) is 19.9 Å². The number of aromatic nitrogens is 1. The van der Waals surface area contributed by atoms with Crippen LogP contribution in [0.2, 0.25) is 0 Å². The molecule has 2 aromatic carbocycles. The van der Waals surface area contributed by atoms with Gasteiger partial charge in [-0.15, -0.1) is 0 Å². The maximum atomic E-state index is 10.3. The van der Waals surface area contributed by atoms with Crippen molar-refractivity contribution in [2.24, 2.45) is 5.92 Å². The molecule has 0 fully saturated rings. The lowest BCUT2D eigenvalue weighted by molar-refractivity contribution is 0.388. The van der Waals surface area contributed by atoms with Crippen molar-refractivity contribution in [3.63, 3.8) is 0 Å². The zero-order valence-corrected chi connectivity index (χ0v) is 11.7. The molecule has 0 spiro atoms. The van der Waals surface area contributed by atoms with Crippen molar-refractivity contribution >= 4 is 10.8 Å². The lowest BCUT2D eigenvalue weighted by atomic mass is 10.0. The standard InChI is InChI=1S/C18H19NO/c1-14(11-15-7-3-2-4-8-15)12-19-13-16-9-5-6-10-17(16)18(19)20/h2-10,13-14,20H,11-12H2,1H3. The van der Waals surface area contributed by atoms with Gasteiger partial charge in [0.2, 0.25) is 0 Å². The molecule has 0 aliphatic carbocycles. The second-order valence-electron chi connectivity index (χ2n) is 5.49. The van der Waals surface area contributed by atoms with E-state index < -0.39 is 0 Å². The summed E-state index contributed by atoms with van der Waals surface area (Å²) in [5.74, 6) is 0.852. The van der Waals surface area contributed by atoms with E-state index in [9.17, 15) is 5.11 Å². The highest BCUT2D eigenvalue weighted by atomic mass is 16.3. The minimum absolute atomic E-state index is 0.375. The Bertz CT molecular complexity index is 700. The Morgan fingerprint density at radius 2 is 1.70 bits per heavy atom. The lowest BCUT2D eigenvalue weighted by Gasteiger charge is -2.13. The lowest BCUT2D eigenvalue weighted by Crippen LogP contribution is -2.09. The summed E-state index contributed by atoms with van der Waals surface area (Å²) >= 11 is 0. The van der Waals surface area contributed by atoms with Gasteiger partial charge in [0.1, 0.15) is 0 Å². The summed E-state index contributed by atoms with van der Waals surface area (Å²) in [5.41, 5.74) is 1.34. The molecule has 0 aliphatic rings. The molecule has 0 saturated carbocycles. The molecule has 20 heavy (non-hydrogen) atoms. The van der Waals surface area contributed by atoms with Crippen molar-refractivity contribution in [2.75, 3.05) is 0 Å². The van der Waals surface area contributed by atoms with E-state index in [0.717, 1.165) is 23.7 Å². The largest absolute Gasteiger partial charge is 0.494 e. The molecular formula is C18H19NO. The Hall–Kier alpha value is -2.22. The van der Waals surface area contributed by atoms with Gasteiger partial charge in [0.05, 0.1) is 0 Å². The van der Waals surface area contributed by atoms with Crippen LogP contribution in [0, 0.1) is 5.92 Å². The van der Waals surface area contributed by atoms with Gasteiger partial charge in [0, 0.05) is 23.5 Å².